The van der Waals surface area contributed by atoms with Gasteiger partial charge in [-0.25, -0.2) is 4.79 Å². The maximum Gasteiger partial charge on any atom is 0.330 e. The highest BCUT2D eigenvalue weighted by atomic mass is 16.5. The van der Waals surface area contributed by atoms with Gasteiger partial charge in [0.2, 0.25) is 0 Å². The maximum absolute atomic E-state index is 12.7. The van der Waals surface area contributed by atoms with Crippen LogP contribution in [0.4, 0.5) is 0 Å². The molecule has 0 aromatic heterocycles. The molecule has 0 radical (unpaired) electrons. The van der Waals surface area contributed by atoms with Gasteiger partial charge in [0, 0.05) is 12.0 Å². The van der Waals surface area contributed by atoms with Crippen LogP contribution in [-0.2, 0) is 24.1 Å². The number of aryl methyl sites for hydroxylation is 2. The molecule has 1 amide bonds. The largest absolute Gasteiger partial charge is 0.493 e. The second-order valence-electron chi connectivity index (χ2n) is 6.90. The molecule has 1 unspecified atom stereocenters. The van der Waals surface area contributed by atoms with Crippen LogP contribution in [0.2, 0.25) is 0 Å². The standard InChI is InChI=1S/C21H21NO4/c23-20(17-6-5-13-3-1-2-4-14(13)11-17)22-19(21(24)25)16-7-8-18-15(12-16)9-10-26-18/h5-8,11-12,19H,1-4,9-10H2,(H,22,23)(H,24,25). The zero-order valence-corrected chi connectivity index (χ0v) is 14.5. The fourth-order valence-electron chi connectivity index (χ4n) is 3.76. The summed E-state index contributed by atoms with van der Waals surface area (Å²) in [5.41, 5.74) is 4.55. The predicted octanol–water partition coefficient (Wildman–Crippen LogP) is 3.06. The van der Waals surface area contributed by atoms with Gasteiger partial charge in [-0.2, -0.15) is 0 Å². The first-order valence-electron chi connectivity index (χ1n) is 9.03. The number of carboxylic acids is 1. The van der Waals surface area contributed by atoms with Gasteiger partial charge in [0.15, 0.2) is 6.04 Å². The fraction of sp³-hybridized carbons (Fsp3) is 0.333. The summed E-state index contributed by atoms with van der Waals surface area (Å²) >= 11 is 0. The lowest BCUT2D eigenvalue weighted by Crippen LogP contribution is -2.34. The van der Waals surface area contributed by atoms with Crippen LogP contribution in [0.15, 0.2) is 36.4 Å². The van der Waals surface area contributed by atoms with E-state index in [-0.39, 0.29) is 5.91 Å². The van der Waals surface area contributed by atoms with E-state index in [1.807, 2.05) is 18.2 Å². The van der Waals surface area contributed by atoms with Crippen molar-refractivity contribution in [3.05, 3.63) is 64.2 Å². The second-order valence-corrected chi connectivity index (χ2v) is 6.90. The van der Waals surface area contributed by atoms with Gasteiger partial charge in [-0.05, 0) is 72.2 Å². The average Bonchev–Trinajstić information content (AvgIpc) is 3.13. The minimum Gasteiger partial charge on any atom is -0.493 e. The van der Waals surface area contributed by atoms with E-state index in [2.05, 4.69) is 5.32 Å². The third kappa shape index (κ3) is 3.17. The first kappa shape index (κ1) is 16.6. The van der Waals surface area contributed by atoms with Gasteiger partial charge in [-0.3, -0.25) is 4.79 Å². The molecule has 5 heteroatoms. The van der Waals surface area contributed by atoms with Crippen LogP contribution in [0, 0.1) is 0 Å². The summed E-state index contributed by atoms with van der Waals surface area (Å²) in [6.07, 6.45) is 5.10. The first-order chi connectivity index (χ1) is 12.6. The number of hydrogen-bond donors (Lipinski definition) is 2. The SMILES string of the molecule is O=C(NC(C(=O)O)c1ccc2c(c1)CCO2)c1ccc2c(c1)CCCC2. The number of benzene rings is 2. The zero-order chi connectivity index (χ0) is 18.1. The molecule has 0 saturated heterocycles. The Morgan fingerprint density at radius 2 is 1.77 bits per heavy atom. The highest BCUT2D eigenvalue weighted by Gasteiger charge is 2.25. The molecule has 1 heterocycles. The van der Waals surface area contributed by atoms with E-state index in [1.165, 1.54) is 17.5 Å². The van der Waals surface area contributed by atoms with Gasteiger partial charge in [0.1, 0.15) is 5.75 Å². The molecule has 0 saturated carbocycles. The van der Waals surface area contributed by atoms with Crippen LogP contribution in [0.1, 0.15) is 51.5 Å². The molecule has 134 valence electrons. The number of fused-ring (bicyclic) bond motifs is 2. The summed E-state index contributed by atoms with van der Waals surface area (Å²) in [6.45, 7) is 0.609. The monoisotopic (exact) mass is 351 g/mol. The lowest BCUT2D eigenvalue weighted by atomic mass is 9.90. The van der Waals surface area contributed by atoms with Crippen molar-refractivity contribution in [2.24, 2.45) is 0 Å². The van der Waals surface area contributed by atoms with Gasteiger partial charge in [0.05, 0.1) is 6.61 Å². The van der Waals surface area contributed by atoms with Crippen molar-refractivity contribution >= 4 is 11.9 Å². The third-order valence-corrected chi connectivity index (χ3v) is 5.18. The van der Waals surface area contributed by atoms with Gasteiger partial charge in [-0.15, -0.1) is 0 Å². The average molecular weight is 351 g/mol. The molecule has 0 bridgehead atoms. The smallest absolute Gasteiger partial charge is 0.330 e. The summed E-state index contributed by atoms with van der Waals surface area (Å²) in [5, 5.41) is 12.3. The molecule has 2 aromatic rings. The molecule has 5 nitrogen and oxygen atoms in total. The van der Waals surface area contributed by atoms with E-state index in [9.17, 15) is 14.7 Å². The highest BCUT2D eigenvalue weighted by Crippen LogP contribution is 2.29. The number of carbonyl (C=O) groups excluding carboxylic acids is 1. The van der Waals surface area contributed by atoms with Crippen molar-refractivity contribution in [2.45, 2.75) is 38.1 Å². The number of aliphatic carboxylic acids is 1. The number of amides is 1. The van der Waals surface area contributed by atoms with Crippen LogP contribution in [0.25, 0.3) is 0 Å². The van der Waals surface area contributed by atoms with E-state index in [1.54, 1.807) is 18.2 Å². The predicted molar refractivity (Wildman–Crippen MR) is 96.6 cm³/mol. The molecule has 0 spiro atoms. The van der Waals surface area contributed by atoms with Crippen LogP contribution in [-0.4, -0.2) is 23.6 Å². The molecule has 0 fully saturated rings. The molecule has 2 aromatic carbocycles. The van der Waals surface area contributed by atoms with Crippen LogP contribution in [0.3, 0.4) is 0 Å². The van der Waals surface area contributed by atoms with E-state index in [0.717, 1.165) is 37.0 Å². The number of nitrogens with one attached hydrogen (secondary N) is 1. The van der Waals surface area contributed by atoms with Crippen molar-refractivity contribution in [1.29, 1.82) is 0 Å². The number of carbonyl (C=O) groups is 2. The lowest BCUT2D eigenvalue weighted by molar-refractivity contribution is -0.139. The first-order valence-corrected chi connectivity index (χ1v) is 9.03. The second kappa shape index (κ2) is 6.83. The molecule has 2 N–H and O–H groups in total. The summed E-state index contributed by atoms with van der Waals surface area (Å²) < 4.78 is 5.46. The maximum atomic E-state index is 12.7. The summed E-state index contributed by atoms with van der Waals surface area (Å²) in [7, 11) is 0. The van der Waals surface area contributed by atoms with E-state index >= 15 is 0 Å². The number of rotatable bonds is 4. The van der Waals surface area contributed by atoms with Crippen LogP contribution in [0.5, 0.6) is 5.75 Å². The molecular weight excluding hydrogens is 330 g/mol. The summed E-state index contributed by atoms with van der Waals surface area (Å²) in [6, 6.07) is 9.90. The third-order valence-electron chi connectivity index (χ3n) is 5.18. The van der Waals surface area contributed by atoms with Gasteiger partial charge in [0.25, 0.3) is 5.91 Å². The van der Waals surface area contributed by atoms with Crippen LogP contribution < -0.4 is 10.1 Å². The Morgan fingerprint density at radius 3 is 2.58 bits per heavy atom. The molecule has 2 aliphatic rings. The quantitative estimate of drug-likeness (QED) is 0.888. The van der Waals surface area contributed by atoms with Gasteiger partial charge in [-0.1, -0.05) is 12.1 Å². The Bertz CT molecular complexity index is 874. The van der Waals surface area contributed by atoms with E-state index < -0.39 is 12.0 Å². The van der Waals surface area contributed by atoms with Crippen LogP contribution >= 0.6 is 0 Å². The minimum atomic E-state index is -1.08. The topological polar surface area (TPSA) is 75.6 Å². The summed E-state index contributed by atoms with van der Waals surface area (Å²) in [5.74, 6) is -0.642. The van der Waals surface area contributed by atoms with Crippen molar-refractivity contribution in [1.82, 2.24) is 5.32 Å². The molecule has 4 rings (SSSR count). The molecule has 26 heavy (non-hydrogen) atoms. The molecule has 1 aliphatic heterocycles. The Kier molecular flexibility index (Phi) is 4.37. The number of carboxylic acid groups (broad SMARTS) is 1. The van der Waals surface area contributed by atoms with E-state index in [4.69, 9.17) is 4.74 Å². The minimum absolute atomic E-state index is 0.359. The Hall–Kier alpha value is -2.82. The van der Waals surface area contributed by atoms with Gasteiger partial charge < -0.3 is 15.2 Å². The normalized spacial score (nSPS) is 16.2. The highest BCUT2D eigenvalue weighted by molar-refractivity contribution is 5.97. The Morgan fingerprint density at radius 1 is 0.962 bits per heavy atom. The van der Waals surface area contributed by atoms with Crippen molar-refractivity contribution < 1.29 is 19.4 Å². The Balaban J connectivity index is 1.57. The lowest BCUT2D eigenvalue weighted by Gasteiger charge is -2.18. The fourth-order valence-corrected chi connectivity index (χ4v) is 3.76. The number of ether oxygens (including phenoxy) is 1. The zero-order valence-electron chi connectivity index (χ0n) is 14.5. The van der Waals surface area contributed by atoms with Crippen molar-refractivity contribution in [3.8, 4) is 5.75 Å². The van der Waals surface area contributed by atoms with E-state index in [0.29, 0.717) is 17.7 Å². The Labute approximate surface area is 152 Å². The summed E-state index contributed by atoms with van der Waals surface area (Å²) in [4.78, 5) is 24.4. The molecule has 1 aliphatic carbocycles. The van der Waals surface area contributed by atoms with Crippen molar-refractivity contribution in [2.75, 3.05) is 6.61 Å². The molecule has 1 atom stereocenters. The van der Waals surface area contributed by atoms with Gasteiger partial charge >= 0.3 is 5.97 Å². The van der Waals surface area contributed by atoms with Crippen molar-refractivity contribution in [3.63, 3.8) is 0 Å². The number of hydrogen-bond acceptors (Lipinski definition) is 3. The molecular formula is C21H21NO4.